The van der Waals surface area contributed by atoms with Gasteiger partial charge in [-0.3, -0.25) is 14.4 Å². The molecule has 6 nitrogen and oxygen atoms in total. The Labute approximate surface area is 81.6 Å². The SMILES string of the molecule is CC(=O)OCC(COC(C)=O)NC=O. The normalized spacial score (nSPS) is 9.36. The Balaban J connectivity index is 3.81. The molecule has 0 aliphatic carbocycles. The van der Waals surface area contributed by atoms with E-state index >= 15 is 0 Å². The minimum atomic E-state index is -0.500. The first-order chi connectivity index (χ1) is 6.56. The fourth-order valence-corrected chi connectivity index (χ4v) is 0.676. The van der Waals surface area contributed by atoms with Crippen molar-refractivity contribution in [2.75, 3.05) is 13.2 Å². The summed E-state index contributed by atoms with van der Waals surface area (Å²) in [5, 5.41) is 2.36. The van der Waals surface area contributed by atoms with Crippen LogP contribution in [-0.2, 0) is 23.9 Å². The fourth-order valence-electron chi connectivity index (χ4n) is 0.676. The van der Waals surface area contributed by atoms with Crippen molar-refractivity contribution in [2.24, 2.45) is 0 Å². The maximum atomic E-state index is 10.4. The molecule has 1 N–H and O–H groups in total. The number of carbonyl (C=O) groups is 3. The molecule has 0 spiro atoms. The van der Waals surface area contributed by atoms with E-state index in [0.717, 1.165) is 0 Å². The minimum absolute atomic E-state index is 0.0125. The lowest BCUT2D eigenvalue weighted by Crippen LogP contribution is -2.37. The summed E-state index contributed by atoms with van der Waals surface area (Å²) in [5.41, 5.74) is 0. The van der Waals surface area contributed by atoms with E-state index in [0.29, 0.717) is 6.41 Å². The average Bonchev–Trinajstić information content (AvgIpc) is 2.09. The lowest BCUT2D eigenvalue weighted by molar-refractivity contribution is -0.145. The van der Waals surface area contributed by atoms with Crippen LogP contribution in [0.15, 0.2) is 0 Å². The Hall–Kier alpha value is -1.59. The maximum absolute atomic E-state index is 10.4. The minimum Gasteiger partial charge on any atom is -0.464 e. The van der Waals surface area contributed by atoms with Crippen LogP contribution in [0.2, 0.25) is 0 Å². The second-order valence-corrected chi connectivity index (χ2v) is 2.59. The second-order valence-electron chi connectivity index (χ2n) is 2.59. The van der Waals surface area contributed by atoms with Gasteiger partial charge in [-0.25, -0.2) is 0 Å². The van der Waals surface area contributed by atoms with Gasteiger partial charge in [-0.2, -0.15) is 0 Å². The molecule has 14 heavy (non-hydrogen) atoms. The molecule has 0 fully saturated rings. The molecule has 0 unspecified atom stereocenters. The molecule has 0 aliphatic heterocycles. The van der Waals surface area contributed by atoms with Gasteiger partial charge in [0.25, 0.3) is 0 Å². The molecule has 6 heteroatoms. The summed E-state index contributed by atoms with van der Waals surface area (Å²) in [6.45, 7) is 2.48. The Morgan fingerprint density at radius 3 is 1.93 bits per heavy atom. The van der Waals surface area contributed by atoms with E-state index in [2.05, 4.69) is 14.8 Å². The third-order valence-electron chi connectivity index (χ3n) is 1.28. The third-order valence-corrected chi connectivity index (χ3v) is 1.28. The Bertz CT molecular complexity index is 198. The van der Waals surface area contributed by atoms with Gasteiger partial charge in [-0.1, -0.05) is 0 Å². The predicted molar refractivity (Wildman–Crippen MR) is 46.3 cm³/mol. The van der Waals surface area contributed by atoms with E-state index in [9.17, 15) is 14.4 Å². The number of amides is 1. The summed E-state index contributed by atoms with van der Waals surface area (Å²) in [7, 11) is 0. The number of ether oxygens (including phenoxy) is 2. The van der Waals surface area contributed by atoms with Gasteiger partial charge in [0.1, 0.15) is 13.2 Å². The van der Waals surface area contributed by atoms with Gasteiger partial charge >= 0.3 is 11.9 Å². The zero-order valence-corrected chi connectivity index (χ0v) is 8.11. The van der Waals surface area contributed by atoms with Crippen molar-refractivity contribution in [1.29, 1.82) is 0 Å². The predicted octanol–water partition coefficient (Wildman–Crippen LogP) is -0.773. The monoisotopic (exact) mass is 203 g/mol. The number of esters is 2. The van der Waals surface area contributed by atoms with Crippen LogP contribution in [0.25, 0.3) is 0 Å². The summed E-state index contributed by atoms with van der Waals surface area (Å²) in [6.07, 6.45) is 0.456. The molecular formula is C8H13NO5. The van der Waals surface area contributed by atoms with Gasteiger partial charge in [0.15, 0.2) is 0 Å². The summed E-state index contributed by atoms with van der Waals surface area (Å²) < 4.78 is 9.27. The standard InChI is InChI=1S/C8H13NO5/c1-6(11)13-3-8(9-5-10)4-14-7(2)12/h5,8H,3-4H2,1-2H3,(H,9,10). The van der Waals surface area contributed by atoms with Crippen LogP contribution in [0.1, 0.15) is 13.8 Å². The van der Waals surface area contributed by atoms with E-state index in [-0.39, 0.29) is 13.2 Å². The highest BCUT2D eigenvalue weighted by molar-refractivity contribution is 5.66. The largest absolute Gasteiger partial charge is 0.464 e. The van der Waals surface area contributed by atoms with Crippen molar-refractivity contribution in [3.05, 3.63) is 0 Å². The quantitative estimate of drug-likeness (QED) is 0.452. The van der Waals surface area contributed by atoms with Crippen LogP contribution in [0.4, 0.5) is 0 Å². The maximum Gasteiger partial charge on any atom is 0.302 e. The average molecular weight is 203 g/mol. The Kier molecular flexibility index (Phi) is 6.09. The van der Waals surface area contributed by atoms with Gasteiger partial charge in [-0.15, -0.1) is 0 Å². The lowest BCUT2D eigenvalue weighted by Gasteiger charge is -2.14. The van der Waals surface area contributed by atoms with E-state index in [1.165, 1.54) is 13.8 Å². The molecule has 0 bridgehead atoms. The smallest absolute Gasteiger partial charge is 0.302 e. The third kappa shape index (κ3) is 7.08. The topological polar surface area (TPSA) is 81.7 Å². The zero-order valence-electron chi connectivity index (χ0n) is 8.11. The van der Waals surface area contributed by atoms with Gasteiger partial charge in [0, 0.05) is 13.8 Å². The van der Waals surface area contributed by atoms with Crippen molar-refractivity contribution in [3.63, 3.8) is 0 Å². The highest BCUT2D eigenvalue weighted by atomic mass is 16.5. The zero-order chi connectivity index (χ0) is 11.0. The molecular weight excluding hydrogens is 190 g/mol. The van der Waals surface area contributed by atoms with Crippen LogP contribution in [0.3, 0.4) is 0 Å². The molecule has 0 heterocycles. The molecule has 0 aromatic rings. The molecule has 0 radical (unpaired) electrons. The van der Waals surface area contributed by atoms with Crippen molar-refractivity contribution >= 4 is 18.3 Å². The van der Waals surface area contributed by atoms with Crippen LogP contribution >= 0.6 is 0 Å². The molecule has 0 rings (SSSR count). The number of hydrogen-bond acceptors (Lipinski definition) is 5. The molecule has 0 aliphatic rings. The molecule has 0 atom stereocenters. The molecule has 0 aromatic carbocycles. The first kappa shape index (κ1) is 12.4. The van der Waals surface area contributed by atoms with E-state index < -0.39 is 18.0 Å². The van der Waals surface area contributed by atoms with Gasteiger partial charge in [0.05, 0.1) is 6.04 Å². The van der Waals surface area contributed by atoms with Gasteiger partial charge < -0.3 is 14.8 Å². The lowest BCUT2D eigenvalue weighted by atomic mass is 10.3. The molecule has 80 valence electrons. The first-order valence-corrected chi connectivity index (χ1v) is 4.02. The molecule has 0 saturated carbocycles. The summed E-state index contributed by atoms with van der Waals surface area (Å²) >= 11 is 0. The van der Waals surface area contributed by atoms with E-state index in [4.69, 9.17) is 0 Å². The second kappa shape index (κ2) is 6.88. The molecule has 1 amide bonds. The first-order valence-electron chi connectivity index (χ1n) is 4.02. The van der Waals surface area contributed by atoms with Crippen LogP contribution in [-0.4, -0.2) is 37.6 Å². The van der Waals surface area contributed by atoms with Crippen LogP contribution < -0.4 is 5.32 Å². The van der Waals surface area contributed by atoms with Crippen LogP contribution in [0.5, 0.6) is 0 Å². The van der Waals surface area contributed by atoms with Crippen molar-refractivity contribution < 1.29 is 23.9 Å². The molecule has 0 aromatic heterocycles. The van der Waals surface area contributed by atoms with Gasteiger partial charge in [0.2, 0.25) is 6.41 Å². The number of nitrogens with one attached hydrogen (secondary N) is 1. The van der Waals surface area contributed by atoms with Crippen molar-refractivity contribution in [3.8, 4) is 0 Å². The van der Waals surface area contributed by atoms with E-state index in [1.807, 2.05) is 0 Å². The number of rotatable bonds is 6. The Morgan fingerprint density at radius 1 is 1.21 bits per heavy atom. The fraction of sp³-hybridized carbons (Fsp3) is 0.625. The number of carbonyl (C=O) groups excluding carboxylic acids is 3. The summed E-state index contributed by atoms with van der Waals surface area (Å²) in [5.74, 6) is -0.906. The molecule has 0 saturated heterocycles. The van der Waals surface area contributed by atoms with Crippen molar-refractivity contribution in [1.82, 2.24) is 5.32 Å². The Morgan fingerprint density at radius 2 is 1.64 bits per heavy atom. The highest BCUT2D eigenvalue weighted by Gasteiger charge is 2.10. The summed E-state index contributed by atoms with van der Waals surface area (Å²) in [6, 6.07) is -0.500. The summed E-state index contributed by atoms with van der Waals surface area (Å²) in [4.78, 5) is 31.0. The van der Waals surface area contributed by atoms with Gasteiger partial charge in [-0.05, 0) is 0 Å². The van der Waals surface area contributed by atoms with E-state index in [1.54, 1.807) is 0 Å². The number of hydrogen-bond donors (Lipinski definition) is 1. The van der Waals surface area contributed by atoms with Crippen molar-refractivity contribution in [2.45, 2.75) is 19.9 Å². The van der Waals surface area contributed by atoms with Crippen LogP contribution in [0, 0.1) is 0 Å². The highest BCUT2D eigenvalue weighted by Crippen LogP contribution is 1.89.